The Hall–Kier alpha value is -2.41. The number of rotatable bonds is 4. The first-order valence-electron chi connectivity index (χ1n) is 9.88. The van der Waals surface area contributed by atoms with Crippen LogP contribution in [-0.2, 0) is 4.79 Å². The van der Waals surface area contributed by atoms with E-state index in [4.69, 9.17) is 10.7 Å². The van der Waals surface area contributed by atoms with E-state index in [0.29, 0.717) is 34.3 Å². The summed E-state index contributed by atoms with van der Waals surface area (Å²) in [6.07, 6.45) is 2.22. The second-order valence-electron chi connectivity index (χ2n) is 8.44. The summed E-state index contributed by atoms with van der Waals surface area (Å²) < 4.78 is 13.6. The molecule has 2 aromatic rings. The van der Waals surface area contributed by atoms with Crippen LogP contribution in [0.3, 0.4) is 0 Å². The molecule has 2 aliphatic rings. The number of halogens is 1. The zero-order valence-corrected chi connectivity index (χ0v) is 17.7. The maximum atomic E-state index is 13.6. The summed E-state index contributed by atoms with van der Waals surface area (Å²) in [5.41, 5.74) is 9.35. The van der Waals surface area contributed by atoms with E-state index in [1.54, 1.807) is 23.9 Å². The molecule has 1 aliphatic carbocycles. The summed E-state index contributed by atoms with van der Waals surface area (Å²) >= 11 is 1.56. The van der Waals surface area contributed by atoms with Gasteiger partial charge in [0.1, 0.15) is 17.5 Å². The summed E-state index contributed by atoms with van der Waals surface area (Å²) in [4.78, 5) is 22.4. The average Bonchev–Trinajstić information content (AvgIpc) is 2.64. The number of aromatic nitrogens is 2. The Balaban J connectivity index is 1.89. The average molecular weight is 413 g/mol. The molecule has 0 saturated heterocycles. The fraction of sp³-hybridized carbons (Fsp3) is 0.409. The number of hydrogen-bond donors (Lipinski definition) is 2. The summed E-state index contributed by atoms with van der Waals surface area (Å²) in [6.45, 7) is 6.29. The molecule has 4 rings (SSSR count). The van der Waals surface area contributed by atoms with E-state index in [-0.39, 0.29) is 17.0 Å². The molecule has 5 nitrogen and oxygen atoms in total. The Morgan fingerprint density at radius 3 is 2.66 bits per heavy atom. The fourth-order valence-electron chi connectivity index (χ4n) is 4.16. The molecule has 0 spiro atoms. The smallest absolute Gasteiger partial charge is 0.191 e. The van der Waals surface area contributed by atoms with Crippen molar-refractivity contribution in [2.75, 3.05) is 16.8 Å². The maximum Gasteiger partial charge on any atom is 0.191 e. The van der Waals surface area contributed by atoms with Crippen LogP contribution in [0.2, 0.25) is 0 Å². The third-order valence-corrected chi connectivity index (χ3v) is 6.41. The van der Waals surface area contributed by atoms with E-state index in [2.05, 4.69) is 31.1 Å². The van der Waals surface area contributed by atoms with Gasteiger partial charge in [0.25, 0.3) is 0 Å². The highest BCUT2D eigenvalue weighted by molar-refractivity contribution is 7.99. The molecule has 1 atom stereocenters. The molecule has 0 fully saturated rings. The van der Waals surface area contributed by atoms with Gasteiger partial charge in [-0.05, 0) is 36.0 Å². The van der Waals surface area contributed by atoms with Crippen molar-refractivity contribution in [3.63, 3.8) is 0 Å². The number of anilines is 2. The number of nitrogens with zero attached hydrogens (tertiary/aromatic N) is 2. The van der Waals surface area contributed by atoms with Gasteiger partial charge in [0.2, 0.25) is 0 Å². The Labute approximate surface area is 174 Å². The van der Waals surface area contributed by atoms with Crippen LogP contribution in [0.1, 0.15) is 57.1 Å². The van der Waals surface area contributed by atoms with Crippen molar-refractivity contribution in [3.8, 4) is 0 Å². The van der Waals surface area contributed by atoms with Crippen LogP contribution in [0.25, 0.3) is 0 Å². The van der Waals surface area contributed by atoms with Crippen LogP contribution < -0.4 is 11.1 Å². The number of nitrogens with two attached hydrogens (primary N) is 1. The molecule has 1 aromatic carbocycles. The zero-order valence-electron chi connectivity index (χ0n) is 16.9. The molecule has 1 aromatic heterocycles. The fourth-order valence-corrected chi connectivity index (χ4v) is 4.87. The lowest BCUT2D eigenvalue weighted by atomic mass is 9.69. The van der Waals surface area contributed by atoms with Crippen molar-refractivity contribution in [1.29, 1.82) is 0 Å². The van der Waals surface area contributed by atoms with Crippen LogP contribution >= 0.6 is 11.8 Å². The quantitative estimate of drug-likeness (QED) is 0.549. The first-order valence-corrected chi connectivity index (χ1v) is 10.9. The van der Waals surface area contributed by atoms with Gasteiger partial charge in [-0.25, -0.2) is 14.4 Å². The highest BCUT2D eigenvalue weighted by Gasteiger charge is 2.42. The third kappa shape index (κ3) is 3.75. The number of carbonyl (C=O) groups is 1. The molecule has 7 heteroatoms. The monoisotopic (exact) mass is 412 g/mol. The van der Waals surface area contributed by atoms with Crippen molar-refractivity contribution in [2.24, 2.45) is 5.41 Å². The molecule has 152 valence electrons. The van der Waals surface area contributed by atoms with Gasteiger partial charge in [-0.15, -0.1) is 0 Å². The van der Waals surface area contributed by atoms with Crippen LogP contribution in [0.5, 0.6) is 0 Å². The lowest BCUT2D eigenvalue weighted by Crippen LogP contribution is -2.34. The Morgan fingerprint density at radius 2 is 1.97 bits per heavy atom. The van der Waals surface area contributed by atoms with E-state index in [1.165, 1.54) is 12.1 Å². The predicted octanol–water partition coefficient (Wildman–Crippen LogP) is 4.90. The lowest BCUT2D eigenvalue weighted by molar-refractivity contribution is -0.118. The number of carbonyl (C=O) groups excluding carboxylic acids is 1. The minimum Gasteiger partial charge on any atom is -0.383 e. The van der Waals surface area contributed by atoms with Gasteiger partial charge in [0.05, 0.1) is 0 Å². The molecule has 0 bridgehead atoms. The molecule has 0 radical (unpaired) electrons. The number of thioether (sulfide) groups is 1. The van der Waals surface area contributed by atoms with Crippen LogP contribution in [0, 0.1) is 11.2 Å². The van der Waals surface area contributed by atoms with Gasteiger partial charge >= 0.3 is 0 Å². The van der Waals surface area contributed by atoms with Crippen molar-refractivity contribution < 1.29 is 9.18 Å². The molecule has 1 unspecified atom stereocenters. The Bertz CT molecular complexity index is 1000. The Morgan fingerprint density at radius 1 is 1.24 bits per heavy atom. The van der Waals surface area contributed by atoms with E-state index >= 15 is 0 Å². The number of nitrogens with one attached hydrogen (secondary N) is 1. The standard InChI is InChI=1S/C22H25FN4OS/c1-4-9-29-21-26-19(24)18-16(12-5-7-13(23)8-6-12)17-14(25-20(18)27-21)10-22(2,3)11-15(17)28/h5-8,16H,4,9-11H2,1-3H3,(H3,24,25,26,27). The molecular weight excluding hydrogens is 387 g/mol. The Kier molecular flexibility index (Phi) is 5.11. The number of Topliss-reactive ketones (excluding diaryl/α,β-unsaturated/α-hetero) is 1. The van der Waals surface area contributed by atoms with Gasteiger partial charge in [-0.3, -0.25) is 4.79 Å². The molecule has 3 N–H and O–H groups in total. The number of ketones is 1. The minimum absolute atomic E-state index is 0.0903. The lowest BCUT2D eigenvalue weighted by Gasteiger charge is -2.39. The number of hydrogen-bond acceptors (Lipinski definition) is 6. The topological polar surface area (TPSA) is 80.9 Å². The van der Waals surface area contributed by atoms with Crippen molar-refractivity contribution in [1.82, 2.24) is 9.97 Å². The molecule has 0 saturated carbocycles. The van der Waals surface area contributed by atoms with Gasteiger partial charge in [0, 0.05) is 34.9 Å². The first kappa shape index (κ1) is 19.9. The van der Waals surface area contributed by atoms with Crippen LogP contribution in [0.4, 0.5) is 16.0 Å². The normalized spacial score (nSPS) is 20.1. The summed E-state index contributed by atoms with van der Waals surface area (Å²) in [5.74, 6) is 1.29. The van der Waals surface area contributed by atoms with Gasteiger partial charge in [-0.1, -0.05) is 44.7 Å². The van der Waals surface area contributed by atoms with E-state index < -0.39 is 5.92 Å². The van der Waals surface area contributed by atoms with Gasteiger partial charge < -0.3 is 11.1 Å². The summed E-state index contributed by atoms with van der Waals surface area (Å²) in [6, 6.07) is 6.26. The SMILES string of the molecule is CCCSc1nc(N)c2c(n1)NC1=C(C(=O)CC(C)(C)C1)C2c1ccc(F)cc1. The summed E-state index contributed by atoms with van der Waals surface area (Å²) in [7, 11) is 0. The third-order valence-electron chi connectivity index (χ3n) is 5.36. The van der Waals surface area contributed by atoms with Crippen molar-refractivity contribution >= 4 is 29.2 Å². The number of benzene rings is 1. The number of fused-ring (bicyclic) bond motifs is 1. The summed E-state index contributed by atoms with van der Waals surface area (Å²) in [5, 5.41) is 4.02. The molecule has 2 heterocycles. The predicted molar refractivity (Wildman–Crippen MR) is 114 cm³/mol. The second-order valence-corrected chi connectivity index (χ2v) is 9.51. The first-order chi connectivity index (χ1) is 13.8. The minimum atomic E-state index is -0.393. The highest BCUT2D eigenvalue weighted by atomic mass is 32.2. The molecule has 1 aliphatic heterocycles. The molecule has 29 heavy (non-hydrogen) atoms. The molecular formula is C22H25FN4OS. The second kappa shape index (κ2) is 7.44. The highest BCUT2D eigenvalue weighted by Crippen LogP contribution is 2.50. The zero-order chi connectivity index (χ0) is 20.8. The maximum absolute atomic E-state index is 13.6. The van der Waals surface area contributed by atoms with Gasteiger partial charge in [-0.2, -0.15) is 0 Å². The van der Waals surface area contributed by atoms with Crippen molar-refractivity contribution in [3.05, 3.63) is 52.5 Å². The largest absolute Gasteiger partial charge is 0.383 e. The van der Waals surface area contributed by atoms with E-state index in [1.807, 2.05) is 0 Å². The van der Waals surface area contributed by atoms with Crippen LogP contribution in [-0.4, -0.2) is 21.5 Å². The van der Waals surface area contributed by atoms with E-state index in [0.717, 1.165) is 29.9 Å². The van der Waals surface area contributed by atoms with Crippen molar-refractivity contribution in [2.45, 2.75) is 51.1 Å². The van der Waals surface area contributed by atoms with Gasteiger partial charge in [0.15, 0.2) is 10.9 Å². The number of nitrogen functional groups attached to an aromatic ring is 1. The molecule has 0 amide bonds. The number of allylic oxidation sites excluding steroid dienone is 2. The van der Waals surface area contributed by atoms with E-state index in [9.17, 15) is 9.18 Å². The van der Waals surface area contributed by atoms with Crippen LogP contribution in [0.15, 0.2) is 40.7 Å².